The normalized spacial score (nSPS) is 11.6. The van der Waals surface area contributed by atoms with Crippen LogP contribution in [0.15, 0.2) is 24.3 Å². The van der Waals surface area contributed by atoms with Crippen molar-refractivity contribution in [2.75, 3.05) is 19.7 Å². The molecular formula is C13H17N3O3. The Morgan fingerprint density at radius 2 is 2.05 bits per heavy atom. The van der Waals surface area contributed by atoms with Crippen LogP contribution in [-0.4, -0.2) is 42.0 Å². The Labute approximate surface area is 111 Å². The van der Waals surface area contributed by atoms with Crippen molar-refractivity contribution in [2.45, 2.75) is 12.5 Å². The lowest BCUT2D eigenvalue weighted by Gasteiger charge is -2.17. The van der Waals surface area contributed by atoms with Gasteiger partial charge in [0, 0.05) is 19.1 Å². The molecule has 6 heteroatoms. The lowest BCUT2D eigenvalue weighted by molar-refractivity contribution is 0.189. The standard InChI is InChI=1S/C13H17N3O3/c14-8-11-3-1-10(2-4-11)7-12(16-13(18)19)9-15-5-6-17/h1-4,12,15-17H,5-7,9H2,(H,18,19). The van der Waals surface area contributed by atoms with E-state index in [2.05, 4.69) is 10.6 Å². The number of benzene rings is 1. The third kappa shape index (κ3) is 5.86. The quantitative estimate of drug-likeness (QED) is 0.530. The molecule has 0 aliphatic rings. The summed E-state index contributed by atoms with van der Waals surface area (Å²) in [6, 6.07) is 8.77. The molecule has 102 valence electrons. The zero-order valence-corrected chi connectivity index (χ0v) is 10.5. The zero-order valence-electron chi connectivity index (χ0n) is 10.5. The Balaban J connectivity index is 2.59. The fraction of sp³-hybridized carbons (Fsp3) is 0.385. The van der Waals surface area contributed by atoms with Crippen LogP contribution in [0, 0.1) is 11.3 Å². The summed E-state index contributed by atoms with van der Waals surface area (Å²) in [5, 5.41) is 31.5. The predicted molar refractivity (Wildman–Crippen MR) is 69.8 cm³/mol. The molecule has 0 saturated heterocycles. The van der Waals surface area contributed by atoms with E-state index in [1.165, 1.54) is 0 Å². The Morgan fingerprint density at radius 3 is 2.58 bits per heavy atom. The van der Waals surface area contributed by atoms with Crippen LogP contribution < -0.4 is 10.6 Å². The van der Waals surface area contributed by atoms with Gasteiger partial charge in [0.05, 0.1) is 18.2 Å². The molecule has 0 spiro atoms. The van der Waals surface area contributed by atoms with Gasteiger partial charge < -0.3 is 20.8 Å². The van der Waals surface area contributed by atoms with Gasteiger partial charge in [-0.1, -0.05) is 12.1 Å². The molecule has 0 saturated carbocycles. The molecule has 0 radical (unpaired) electrons. The average molecular weight is 263 g/mol. The van der Waals surface area contributed by atoms with Gasteiger partial charge >= 0.3 is 6.09 Å². The van der Waals surface area contributed by atoms with Gasteiger partial charge in [-0.25, -0.2) is 4.79 Å². The van der Waals surface area contributed by atoms with Crippen molar-refractivity contribution in [1.82, 2.24) is 10.6 Å². The minimum Gasteiger partial charge on any atom is -0.465 e. The topological polar surface area (TPSA) is 105 Å². The average Bonchev–Trinajstić information content (AvgIpc) is 2.39. The third-order valence-electron chi connectivity index (χ3n) is 2.57. The first kappa shape index (κ1) is 15.0. The Bertz CT molecular complexity index is 439. The SMILES string of the molecule is N#Cc1ccc(CC(CNCCO)NC(=O)O)cc1. The molecule has 0 aliphatic carbocycles. The van der Waals surface area contributed by atoms with Gasteiger partial charge in [-0.3, -0.25) is 0 Å². The van der Waals surface area contributed by atoms with E-state index in [0.29, 0.717) is 25.1 Å². The number of carboxylic acid groups (broad SMARTS) is 1. The van der Waals surface area contributed by atoms with Gasteiger partial charge in [0.2, 0.25) is 0 Å². The first-order chi connectivity index (χ1) is 9.15. The van der Waals surface area contributed by atoms with Crippen molar-refractivity contribution in [3.8, 4) is 6.07 Å². The second kappa shape index (κ2) is 8.08. The number of hydrogen-bond acceptors (Lipinski definition) is 4. The van der Waals surface area contributed by atoms with E-state index in [1.54, 1.807) is 24.3 Å². The summed E-state index contributed by atoms with van der Waals surface area (Å²) in [4.78, 5) is 10.7. The van der Waals surface area contributed by atoms with Gasteiger partial charge in [0.15, 0.2) is 0 Å². The summed E-state index contributed by atoms with van der Waals surface area (Å²) in [5.41, 5.74) is 1.52. The Hall–Kier alpha value is -2.10. The van der Waals surface area contributed by atoms with E-state index < -0.39 is 6.09 Å². The summed E-state index contributed by atoms with van der Waals surface area (Å²) >= 11 is 0. The summed E-state index contributed by atoms with van der Waals surface area (Å²) in [5.74, 6) is 0. The first-order valence-corrected chi connectivity index (χ1v) is 5.95. The number of amides is 1. The molecule has 0 aromatic heterocycles. The lowest BCUT2D eigenvalue weighted by Crippen LogP contribution is -2.43. The second-order valence-corrected chi connectivity index (χ2v) is 4.09. The molecule has 1 rings (SSSR count). The van der Waals surface area contributed by atoms with Crippen molar-refractivity contribution in [2.24, 2.45) is 0 Å². The predicted octanol–water partition coefficient (Wildman–Crippen LogP) is 0.319. The molecule has 19 heavy (non-hydrogen) atoms. The smallest absolute Gasteiger partial charge is 0.404 e. The second-order valence-electron chi connectivity index (χ2n) is 4.09. The van der Waals surface area contributed by atoms with Crippen molar-refractivity contribution < 1.29 is 15.0 Å². The van der Waals surface area contributed by atoms with E-state index in [1.807, 2.05) is 6.07 Å². The van der Waals surface area contributed by atoms with E-state index in [-0.39, 0.29) is 12.6 Å². The van der Waals surface area contributed by atoms with Crippen LogP contribution in [0.25, 0.3) is 0 Å². The van der Waals surface area contributed by atoms with Crippen LogP contribution in [0.4, 0.5) is 4.79 Å². The molecule has 1 unspecified atom stereocenters. The number of nitriles is 1. The molecule has 0 heterocycles. The van der Waals surface area contributed by atoms with Crippen molar-refractivity contribution in [3.63, 3.8) is 0 Å². The number of rotatable bonds is 7. The molecule has 0 fully saturated rings. The number of aliphatic hydroxyl groups is 1. The lowest BCUT2D eigenvalue weighted by atomic mass is 10.0. The molecule has 6 nitrogen and oxygen atoms in total. The highest BCUT2D eigenvalue weighted by Gasteiger charge is 2.11. The summed E-state index contributed by atoms with van der Waals surface area (Å²) in [6.45, 7) is 0.870. The Kier molecular flexibility index (Phi) is 6.36. The van der Waals surface area contributed by atoms with E-state index in [9.17, 15) is 4.79 Å². The van der Waals surface area contributed by atoms with Crippen LogP contribution in [0.5, 0.6) is 0 Å². The van der Waals surface area contributed by atoms with Gasteiger partial charge in [0.25, 0.3) is 0 Å². The van der Waals surface area contributed by atoms with Crippen LogP contribution >= 0.6 is 0 Å². The van der Waals surface area contributed by atoms with Crippen molar-refractivity contribution in [1.29, 1.82) is 5.26 Å². The first-order valence-electron chi connectivity index (χ1n) is 5.95. The molecule has 1 atom stereocenters. The Morgan fingerprint density at radius 1 is 1.37 bits per heavy atom. The molecule has 1 aromatic carbocycles. The van der Waals surface area contributed by atoms with E-state index >= 15 is 0 Å². The highest BCUT2D eigenvalue weighted by Crippen LogP contribution is 2.06. The molecule has 1 aromatic rings. The largest absolute Gasteiger partial charge is 0.465 e. The molecular weight excluding hydrogens is 246 g/mol. The minimum atomic E-state index is -1.08. The zero-order chi connectivity index (χ0) is 14.1. The molecule has 1 amide bonds. The van der Waals surface area contributed by atoms with E-state index in [0.717, 1.165) is 5.56 Å². The number of carbonyl (C=O) groups is 1. The highest BCUT2D eigenvalue weighted by atomic mass is 16.4. The van der Waals surface area contributed by atoms with Gasteiger partial charge in [-0.15, -0.1) is 0 Å². The van der Waals surface area contributed by atoms with Gasteiger partial charge in [-0.05, 0) is 24.1 Å². The van der Waals surface area contributed by atoms with Crippen molar-refractivity contribution >= 4 is 6.09 Å². The summed E-state index contributed by atoms with van der Waals surface area (Å²) in [6.07, 6.45) is -0.555. The highest BCUT2D eigenvalue weighted by molar-refractivity contribution is 5.64. The van der Waals surface area contributed by atoms with E-state index in [4.69, 9.17) is 15.5 Å². The molecule has 0 aliphatic heterocycles. The maximum absolute atomic E-state index is 10.7. The molecule has 0 bridgehead atoms. The number of nitrogens with one attached hydrogen (secondary N) is 2. The fourth-order valence-corrected chi connectivity index (χ4v) is 1.70. The van der Waals surface area contributed by atoms with Crippen LogP contribution in [0.2, 0.25) is 0 Å². The minimum absolute atomic E-state index is 0.0106. The summed E-state index contributed by atoms with van der Waals surface area (Å²) < 4.78 is 0. The van der Waals surface area contributed by atoms with Crippen LogP contribution in [-0.2, 0) is 6.42 Å². The number of aliphatic hydroxyl groups excluding tert-OH is 1. The van der Waals surface area contributed by atoms with Gasteiger partial charge in [0.1, 0.15) is 0 Å². The maximum Gasteiger partial charge on any atom is 0.404 e. The summed E-state index contributed by atoms with van der Waals surface area (Å²) in [7, 11) is 0. The van der Waals surface area contributed by atoms with Crippen LogP contribution in [0.3, 0.4) is 0 Å². The van der Waals surface area contributed by atoms with Crippen LogP contribution in [0.1, 0.15) is 11.1 Å². The third-order valence-corrected chi connectivity index (χ3v) is 2.57. The monoisotopic (exact) mass is 263 g/mol. The number of nitrogens with zero attached hydrogens (tertiary/aromatic N) is 1. The number of hydrogen-bond donors (Lipinski definition) is 4. The fourth-order valence-electron chi connectivity index (χ4n) is 1.70. The maximum atomic E-state index is 10.7. The van der Waals surface area contributed by atoms with Crippen molar-refractivity contribution in [3.05, 3.63) is 35.4 Å². The molecule has 4 N–H and O–H groups in total. The van der Waals surface area contributed by atoms with Gasteiger partial charge in [-0.2, -0.15) is 5.26 Å².